The molecule has 1 N–H and O–H groups in total. The number of benzene rings is 3. The predicted octanol–water partition coefficient (Wildman–Crippen LogP) is 5.49. The molecule has 0 saturated carbocycles. The summed E-state index contributed by atoms with van der Waals surface area (Å²) in [5, 5.41) is 0.630. The molecule has 1 saturated heterocycles. The second-order valence-corrected chi connectivity index (χ2v) is 11.7. The Bertz CT molecular complexity index is 1530. The topological polar surface area (TPSA) is 97.8 Å². The molecule has 1 unspecified atom stereocenters. The molecule has 8 nitrogen and oxygen atoms in total. The van der Waals surface area contributed by atoms with Crippen molar-refractivity contribution in [2.75, 3.05) is 29.9 Å². The zero-order valence-corrected chi connectivity index (χ0v) is 22.8. The van der Waals surface area contributed by atoms with E-state index in [-0.39, 0.29) is 16.9 Å². The molecule has 2 heterocycles. The van der Waals surface area contributed by atoms with Gasteiger partial charge in [-0.25, -0.2) is 13.4 Å². The van der Waals surface area contributed by atoms with Crippen LogP contribution in [0.25, 0.3) is 10.2 Å². The lowest BCUT2D eigenvalue weighted by Gasteiger charge is -2.23. The Kier molecular flexibility index (Phi) is 7.64. The van der Waals surface area contributed by atoms with Crippen LogP contribution < -0.4 is 14.4 Å². The van der Waals surface area contributed by atoms with E-state index in [0.717, 1.165) is 35.0 Å². The Balaban J connectivity index is 1.39. The summed E-state index contributed by atoms with van der Waals surface area (Å²) >= 11 is 1.49. The number of rotatable bonds is 9. The number of amides is 1. The van der Waals surface area contributed by atoms with Gasteiger partial charge in [0.2, 0.25) is 0 Å². The number of hydrogen-bond acceptors (Lipinski definition) is 7. The molecule has 0 bridgehead atoms. The van der Waals surface area contributed by atoms with Crippen molar-refractivity contribution >= 4 is 48.3 Å². The molecule has 10 heteroatoms. The van der Waals surface area contributed by atoms with Crippen molar-refractivity contribution in [1.82, 2.24) is 4.98 Å². The first-order chi connectivity index (χ1) is 18.4. The van der Waals surface area contributed by atoms with Crippen molar-refractivity contribution in [3.05, 3.63) is 77.9 Å². The van der Waals surface area contributed by atoms with Gasteiger partial charge in [0.05, 0.1) is 34.9 Å². The van der Waals surface area contributed by atoms with Crippen molar-refractivity contribution < 1.29 is 22.7 Å². The number of aromatic nitrogens is 1. The second kappa shape index (κ2) is 11.1. The molecule has 4 aromatic rings. The Morgan fingerprint density at radius 1 is 1.13 bits per heavy atom. The summed E-state index contributed by atoms with van der Waals surface area (Å²) in [5.74, 6) is 0.362. The summed E-state index contributed by atoms with van der Waals surface area (Å²) < 4.78 is 40.1. The number of fused-ring (bicyclic) bond motifs is 1. The van der Waals surface area contributed by atoms with Crippen LogP contribution in [-0.4, -0.2) is 45.7 Å². The van der Waals surface area contributed by atoms with Crippen molar-refractivity contribution in [3.8, 4) is 5.75 Å². The molecule has 1 aliphatic heterocycles. The number of carbonyl (C=O) groups is 1. The monoisotopic (exact) mass is 551 g/mol. The van der Waals surface area contributed by atoms with Gasteiger partial charge in [-0.2, -0.15) is 0 Å². The minimum Gasteiger partial charge on any atom is -0.497 e. The summed E-state index contributed by atoms with van der Waals surface area (Å²) in [7, 11) is -2.27. The highest BCUT2D eigenvalue weighted by Gasteiger charge is 2.27. The Morgan fingerprint density at radius 3 is 2.55 bits per heavy atom. The summed E-state index contributed by atoms with van der Waals surface area (Å²) in [6, 6.07) is 18.7. The van der Waals surface area contributed by atoms with Crippen LogP contribution in [0.5, 0.6) is 5.75 Å². The number of carbonyl (C=O) groups excluding carboxylic acids is 1. The number of methoxy groups -OCH3 is 1. The molecule has 1 aromatic heterocycles. The van der Waals surface area contributed by atoms with Gasteiger partial charge in [-0.15, -0.1) is 0 Å². The molecule has 0 spiro atoms. The van der Waals surface area contributed by atoms with E-state index >= 15 is 0 Å². The van der Waals surface area contributed by atoms with Crippen molar-refractivity contribution in [3.63, 3.8) is 0 Å². The van der Waals surface area contributed by atoms with Crippen LogP contribution in [0, 0.1) is 0 Å². The molecule has 1 atom stereocenters. The van der Waals surface area contributed by atoms with E-state index in [4.69, 9.17) is 14.5 Å². The van der Waals surface area contributed by atoms with Gasteiger partial charge in [0.15, 0.2) is 5.13 Å². The van der Waals surface area contributed by atoms with E-state index in [9.17, 15) is 13.2 Å². The third-order valence-corrected chi connectivity index (χ3v) is 8.95. The van der Waals surface area contributed by atoms with E-state index in [0.29, 0.717) is 35.3 Å². The number of ether oxygens (including phenoxy) is 2. The highest BCUT2D eigenvalue weighted by atomic mass is 32.2. The van der Waals surface area contributed by atoms with Crippen LogP contribution in [0.1, 0.15) is 35.7 Å². The first kappa shape index (κ1) is 26.1. The molecular weight excluding hydrogens is 522 g/mol. The average molecular weight is 552 g/mol. The van der Waals surface area contributed by atoms with E-state index in [1.54, 1.807) is 41.3 Å². The maximum Gasteiger partial charge on any atom is 0.261 e. The number of nitrogens with one attached hydrogen (secondary N) is 1. The third kappa shape index (κ3) is 5.52. The number of sulfonamides is 1. The molecule has 198 valence electrons. The first-order valence-electron chi connectivity index (χ1n) is 12.5. The van der Waals surface area contributed by atoms with Gasteiger partial charge >= 0.3 is 0 Å². The average Bonchev–Trinajstić information content (AvgIpc) is 3.61. The summed E-state index contributed by atoms with van der Waals surface area (Å²) in [5.41, 5.74) is 2.85. The Morgan fingerprint density at radius 2 is 1.89 bits per heavy atom. The lowest BCUT2D eigenvalue weighted by Crippen LogP contribution is -2.37. The van der Waals surface area contributed by atoms with Gasteiger partial charge in [0.1, 0.15) is 5.75 Å². The quantitative estimate of drug-likeness (QED) is 0.295. The molecule has 38 heavy (non-hydrogen) atoms. The highest BCUT2D eigenvalue weighted by Crippen LogP contribution is 2.33. The largest absolute Gasteiger partial charge is 0.497 e. The number of hydrogen-bond donors (Lipinski definition) is 1. The minimum absolute atomic E-state index is 0.0489. The summed E-state index contributed by atoms with van der Waals surface area (Å²) in [6.07, 6.45) is 2.66. The number of aryl methyl sites for hydroxylation is 1. The molecular formula is C28H29N3O5S2. The van der Waals surface area contributed by atoms with Gasteiger partial charge < -0.3 is 9.47 Å². The Hall–Kier alpha value is -3.47. The van der Waals surface area contributed by atoms with E-state index in [1.807, 2.05) is 12.1 Å². The van der Waals surface area contributed by atoms with Gasteiger partial charge in [0, 0.05) is 17.9 Å². The molecule has 5 rings (SSSR count). The van der Waals surface area contributed by atoms with Crippen molar-refractivity contribution in [2.24, 2.45) is 0 Å². The van der Waals surface area contributed by atoms with Crippen LogP contribution >= 0.6 is 11.3 Å². The number of thiazole rings is 1. The van der Waals surface area contributed by atoms with E-state index in [2.05, 4.69) is 17.7 Å². The standard InChI is InChI=1S/C28H29N3O5S2/c1-3-19-6-4-8-25-26(19)29-28(37-25)31(18-23-7-5-17-36-23)27(32)20-9-11-21(12-10-20)30-38(33,34)24-15-13-22(35-2)14-16-24/h4,6,8-16,23,30H,3,5,7,17-18H2,1-2H3. The first-order valence-corrected chi connectivity index (χ1v) is 14.8. The number of nitrogens with zero attached hydrogens (tertiary/aromatic N) is 2. The van der Waals surface area contributed by atoms with Crippen molar-refractivity contribution in [2.45, 2.75) is 37.2 Å². The van der Waals surface area contributed by atoms with Crippen molar-refractivity contribution in [1.29, 1.82) is 0 Å². The van der Waals surface area contributed by atoms with Crippen LogP contribution in [-0.2, 0) is 21.2 Å². The second-order valence-electron chi connectivity index (χ2n) is 9.02. The van der Waals surface area contributed by atoms with Gasteiger partial charge in [0.25, 0.3) is 15.9 Å². The van der Waals surface area contributed by atoms with Crippen LogP contribution in [0.3, 0.4) is 0 Å². The molecule has 1 aliphatic rings. The van der Waals surface area contributed by atoms with E-state index < -0.39 is 10.0 Å². The fourth-order valence-corrected chi connectivity index (χ4v) is 6.52. The van der Waals surface area contributed by atoms with Gasteiger partial charge in [-0.1, -0.05) is 30.4 Å². The third-order valence-electron chi connectivity index (χ3n) is 6.51. The normalized spacial score (nSPS) is 15.5. The zero-order chi connectivity index (χ0) is 26.7. The summed E-state index contributed by atoms with van der Waals surface area (Å²) in [6.45, 7) is 3.19. The minimum atomic E-state index is -3.79. The molecule has 0 radical (unpaired) electrons. The molecule has 1 amide bonds. The zero-order valence-electron chi connectivity index (χ0n) is 21.2. The van der Waals surface area contributed by atoms with E-state index in [1.165, 1.54) is 30.6 Å². The smallest absolute Gasteiger partial charge is 0.261 e. The number of anilines is 2. The number of para-hydroxylation sites is 1. The lowest BCUT2D eigenvalue weighted by molar-refractivity contribution is 0.0917. The van der Waals surface area contributed by atoms with Crippen LogP contribution in [0.15, 0.2) is 71.6 Å². The molecule has 1 fully saturated rings. The van der Waals surface area contributed by atoms with Gasteiger partial charge in [-0.3, -0.25) is 14.4 Å². The highest BCUT2D eigenvalue weighted by molar-refractivity contribution is 7.92. The molecule has 0 aliphatic carbocycles. The Labute approximate surface area is 226 Å². The molecule has 3 aromatic carbocycles. The van der Waals surface area contributed by atoms with Crippen LogP contribution in [0.2, 0.25) is 0 Å². The lowest BCUT2D eigenvalue weighted by atomic mass is 10.1. The van der Waals surface area contributed by atoms with Gasteiger partial charge in [-0.05, 0) is 79.4 Å². The maximum atomic E-state index is 13.7. The fourth-order valence-electron chi connectivity index (χ4n) is 4.44. The maximum absolute atomic E-state index is 13.7. The van der Waals surface area contributed by atoms with Crippen LogP contribution in [0.4, 0.5) is 10.8 Å². The SMILES string of the molecule is CCc1cccc2sc(N(CC3CCCO3)C(=O)c3ccc(NS(=O)(=O)c4ccc(OC)cc4)cc3)nc12. The fraction of sp³-hybridized carbons (Fsp3) is 0.286. The predicted molar refractivity (Wildman–Crippen MR) is 150 cm³/mol. The summed E-state index contributed by atoms with van der Waals surface area (Å²) in [4.78, 5) is 20.4.